The predicted molar refractivity (Wildman–Crippen MR) is 71.5 cm³/mol. The van der Waals surface area contributed by atoms with Crippen LogP contribution in [0.1, 0.15) is 5.56 Å². The number of aromatic hydroxyl groups is 1. The number of thiazole rings is 1. The Hall–Kier alpha value is -1.87. The molecule has 84 valence electrons. The number of para-hydroxylation sites is 1. The van der Waals surface area contributed by atoms with Crippen LogP contribution in [0.2, 0.25) is 0 Å². The maximum absolute atomic E-state index is 9.74. The third kappa shape index (κ3) is 1.68. The van der Waals surface area contributed by atoms with Crippen LogP contribution >= 0.6 is 11.3 Å². The Morgan fingerprint density at radius 2 is 1.88 bits per heavy atom. The third-order valence-corrected chi connectivity index (χ3v) is 3.83. The average molecular weight is 241 g/mol. The summed E-state index contributed by atoms with van der Waals surface area (Å²) in [7, 11) is 0. The van der Waals surface area contributed by atoms with Gasteiger partial charge in [-0.05, 0) is 24.6 Å². The van der Waals surface area contributed by atoms with Gasteiger partial charge in [0.05, 0.1) is 4.70 Å². The lowest BCUT2D eigenvalue weighted by Gasteiger charge is -1.99. The standard InChI is InChI=1S/C14H11NOS/c1-9-5-2-3-6-10(9)14-15-13-11(16)7-4-8-12(13)17-14/h2-8,16H,1H3. The maximum Gasteiger partial charge on any atom is 0.142 e. The fourth-order valence-corrected chi connectivity index (χ4v) is 2.94. The fraction of sp³-hybridized carbons (Fsp3) is 0.0714. The highest BCUT2D eigenvalue weighted by atomic mass is 32.1. The minimum absolute atomic E-state index is 0.249. The van der Waals surface area contributed by atoms with Gasteiger partial charge < -0.3 is 5.11 Å². The van der Waals surface area contributed by atoms with Gasteiger partial charge in [-0.15, -0.1) is 11.3 Å². The lowest BCUT2D eigenvalue weighted by molar-refractivity contribution is 0.480. The summed E-state index contributed by atoms with van der Waals surface area (Å²) in [5.74, 6) is 0.249. The molecule has 1 N–H and O–H groups in total. The van der Waals surface area contributed by atoms with Crippen molar-refractivity contribution < 1.29 is 5.11 Å². The Morgan fingerprint density at radius 1 is 1.06 bits per heavy atom. The van der Waals surface area contributed by atoms with Crippen molar-refractivity contribution in [3.05, 3.63) is 48.0 Å². The first-order valence-electron chi connectivity index (χ1n) is 5.40. The van der Waals surface area contributed by atoms with E-state index in [1.54, 1.807) is 17.4 Å². The topological polar surface area (TPSA) is 33.1 Å². The zero-order valence-electron chi connectivity index (χ0n) is 9.34. The number of rotatable bonds is 1. The van der Waals surface area contributed by atoms with Crippen LogP contribution in [0.3, 0.4) is 0 Å². The van der Waals surface area contributed by atoms with Gasteiger partial charge in [-0.25, -0.2) is 4.98 Å². The van der Waals surface area contributed by atoms with Crippen LogP contribution in [0, 0.1) is 6.92 Å². The minimum Gasteiger partial charge on any atom is -0.506 e. The van der Waals surface area contributed by atoms with Crippen LogP contribution in [0.25, 0.3) is 20.8 Å². The monoisotopic (exact) mass is 241 g/mol. The number of nitrogens with zero attached hydrogens (tertiary/aromatic N) is 1. The van der Waals surface area contributed by atoms with Crippen LogP contribution in [0.5, 0.6) is 5.75 Å². The molecule has 0 atom stereocenters. The van der Waals surface area contributed by atoms with Gasteiger partial charge in [0.15, 0.2) is 0 Å². The highest BCUT2D eigenvalue weighted by Crippen LogP contribution is 2.35. The number of benzene rings is 2. The molecular weight excluding hydrogens is 230 g/mol. The van der Waals surface area contributed by atoms with E-state index in [-0.39, 0.29) is 5.75 Å². The first kappa shape index (κ1) is 10.3. The van der Waals surface area contributed by atoms with Crippen LogP contribution in [-0.4, -0.2) is 10.1 Å². The third-order valence-electron chi connectivity index (χ3n) is 2.77. The highest BCUT2D eigenvalue weighted by molar-refractivity contribution is 7.21. The molecule has 1 heterocycles. The summed E-state index contributed by atoms with van der Waals surface area (Å²) in [6, 6.07) is 13.7. The zero-order valence-corrected chi connectivity index (χ0v) is 10.2. The Bertz CT molecular complexity index is 688. The summed E-state index contributed by atoms with van der Waals surface area (Å²) in [6.45, 7) is 2.07. The molecule has 2 nitrogen and oxygen atoms in total. The first-order chi connectivity index (χ1) is 8.25. The predicted octanol–water partition coefficient (Wildman–Crippen LogP) is 3.98. The van der Waals surface area contributed by atoms with Crippen molar-refractivity contribution in [1.82, 2.24) is 4.98 Å². The minimum atomic E-state index is 0.249. The Labute approximate surface area is 103 Å². The van der Waals surface area contributed by atoms with Gasteiger partial charge in [0.1, 0.15) is 16.3 Å². The molecule has 1 aromatic heterocycles. The second-order valence-electron chi connectivity index (χ2n) is 3.96. The fourth-order valence-electron chi connectivity index (χ4n) is 1.86. The molecule has 0 radical (unpaired) electrons. The van der Waals surface area contributed by atoms with E-state index >= 15 is 0 Å². The van der Waals surface area contributed by atoms with E-state index in [1.165, 1.54) is 5.56 Å². The van der Waals surface area contributed by atoms with E-state index < -0.39 is 0 Å². The van der Waals surface area contributed by atoms with Gasteiger partial charge in [-0.1, -0.05) is 30.3 Å². The van der Waals surface area contributed by atoms with Gasteiger partial charge in [0.25, 0.3) is 0 Å². The number of phenols is 1. The van der Waals surface area contributed by atoms with Crippen molar-refractivity contribution >= 4 is 21.6 Å². The molecule has 2 aromatic carbocycles. The van der Waals surface area contributed by atoms with Crippen molar-refractivity contribution in [2.24, 2.45) is 0 Å². The Kier molecular flexibility index (Phi) is 2.34. The molecular formula is C14H11NOS. The van der Waals surface area contributed by atoms with Gasteiger partial charge in [-0.2, -0.15) is 0 Å². The lowest BCUT2D eigenvalue weighted by atomic mass is 10.1. The summed E-state index contributed by atoms with van der Waals surface area (Å²) in [5, 5.41) is 10.7. The lowest BCUT2D eigenvalue weighted by Crippen LogP contribution is -1.80. The molecule has 0 aliphatic rings. The van der Waals surface area contributed by atoms with Crippen LogP contribution in [-0.2, 0) is 0 Å². The van der Waals surface area contributed by atoms with Gasteiger partial charge in [0.2, 0.25) is 0 Å². The van der Waals surface area contributed by atoms with Gasteiger partial charge in [-0.3, -0.25) is 0 Å². The van der Waals surface area contributed by atoms with Gasteiger partial charge in [0, 0.05) is 5.56 Å². The molecule has 0 spiro atoms. The Morgan fingerprint density at radius 3 is 2.65 bits per heavy atom. The molecule has 0 aliphatic carbocycles. The summed E-state index contributed by atoms with van der Waals surface area (Å²) in [4.78, 5) is 4.51. The second-order valence-corrected chi connectivity index (χ2v) is 4.99. The maximum atomic E-state index is 9.74. The van der Waals surface area contributed by atoms with Crippen molar-refractivity contribution in [1.29, 1.82) is 0 Å². The average Bonchev–Trinajstić information content (AvgIpc) is 2.75. The molecule has 3 aromatic rings. The van der Waals surface area contributed by atoms with E-state index in [2.05, 4.69) is 24.0 Å². The van der Waals surface area contributed by atoms with E-state index in [0.717, 1.165) is 15.3 Å². The van der Waals surface area contributed by atoms with E-state index in [0.29, 0.717) is 5.52 Å². The summed E-state index contributed by atoms with van der Waals surface area (Å²) >= 11 is 1.61. The summed E-state index contributed by atoms with van der Waals surface area (Å²) in [5.41, 5.74) is 3.02. The Balaban J connectivity index is 2.26. The van der Waals surface area contributed by atoms with Crippen molar-refractivity contribution in [2.75, 3.05) is 0 Å². The quantitative estimate of drug-likeness (QED) is 0.699. The van der Waals surface area contributed by atoms with Crippen molar-refractivity contribution in [2.45, 2.75) is 6.92 Å². The molecule has 0 bridgehead atoms. The molecule has 3 rings (SSSR count). The summed E-state index contributed by atoms with van der Waals surface area (Å²) < 4.78 is 1.02. The number of phenolic OH excluding ortho intramolecular Hbond substituents is 1. The largest absolute Gasteiger partial charge is 0.506 e. The number of aromatic nitrogens is 1. The van der Waals surface area contributed by atoms with Crippen LogP contribution < -0.4 is 0 Å². The normalized spacial score (nSPS) is 10.9. The molecule has 17 heavy (non-hydrogen) atoms. The molecule has 3 heteroatoms. The molecule has 0 unspecified atom stereocenters. The zero-order chi connectivity index (χ0) is 11.8. The number of fused-ring (bicyclic) bond motifs is 1. The molecule has 0 aliphatic heterocycles. The van der Waals surface area contributed by atoms with Crippen LogP contribution in [0.4, 0.5) is 0 Å². The van der Waals surface area contributed by atoms with Crippen molar-refractivity contribution in [3.63, 3.8) is 0 Å². The smallest absolute Gasteiger partial charge is 0.142 e. The van der Waals surface area contributed by atoms with E-state index in [4.69, 9.17) is 0 Å². The highest BCUT2D eigenvalue weighted by Gasteiger charge is 2.10. The SMILES string of the molecule is Cc1ccccc1-c1nc2c(O)cccc2s1. The number of aryl methyl sites for hydroxylation is 1. The van der Waals surface area contributed by atoms with Crippen LogP contribution in [0.15, 0.2) is 42.5 Å². The molecule has 0 saturated heterocycles. The first-order valence-corrected chi connectivity index (χ1v) is 6.22. The number of hydrogen-bond acceptors (Lipinski definition) is 3. The van der Waals surface area contributed by atoms with E-state index in [1.807, 2.05) is 24.3 Å². The van der Waals surface area contributed by atoms with Gasteiger partial charge >= 0.3 is 0 Å². The summed E-state index contributed by atoms with van der Waals surface area (Å²) in [6.07, 6.45) is 0. The van der Waals surface area contributed by atoms with E-state index in [9.17, 15) is 5.11 Å². The molecule has 0 fully saturated rings. The molecule has 0 saturated carbocycles. The number of hydrogen-bond donors (Lipinski definition) is 1. The molecule has 0 amide bonds. The van der Waals surface area contributed by atoms with Crippen molar-refractivity contribution in [3.8, 4) is 16.3 Å². The second kappa shape index (κ2) is 3.86.